The molecule has 128 valence electrons. The maximum Gasteiger partial charge on any atom is 0.267 e. The number of nitrogens with zero attached hydrogens (tertiary/aromatic N) is 1. The zero-order chi connectivity index (χ0) is 17.4. The van der Waals surface area contributed by atoms with Crippen molar-refractivity contribution < 1.29 is 4.79 Å². The average molecular weight is 391 g/mol. The molecule has 25 heavy (non-hydrogen) atoms. The smallest absolute Gasteiger partial charge is 0.267 e. The van der Waals surface area contributed by atoms with Gasteiger partial charge in [0, 0.05) is 28.9 Å². The third-order valence-electron chi connectivity index (χ3n) is 4.39. The highest BCUT2D eigenvalue weighted by atomic mass is 35.5. The van der Waals surface area contributed by atoms with E-state index in [2.05, 4.69) is 10.2 Å². The van der Waals surface area contributed by atoms with Crippen LogP contribution in [0.5, 0.6) is 0 Å². The summed E-state index contributed by atoms with van der Waals surface area (Å²) in [4.78, 5) is 15.4. The van der Waals surface area contributed by atoms with E-state index in [9.17, 15) is 4.79 Å². The number of amides is 1. The van der Waals surface area contributed by atoms with Gasteiger partial charge < -0.3 is 10.2 Å². The molecule has 0 aliphatic carbocycles. The van der Waals surface area contributed by atoms with E-state index in [1.165, 1.54) is 24.2 Å². The first-order chi connectivity index (χ1) is 12.1. The fourth-order valence-electron chi connectivity index (χ4n) is 3.15. The van der Waals surface area contributed by atoms with Gasteiger partial charge >= 0.3 is 0 Å². The summed E-state index contributed by atoms with van der Waals surface area (Å²) in [5.41, 5.74) is 1.70. The number of fused-ring (bicyclic) bond motifs is 1. The van der Waals surface area contributed by atoms with Crippen molar-refractivity contribution >= 4 is 61.9 Å². The van der Waals surface area contributed by atoms with Crippen molar-refractivity contribution in [1.82, 2.24) is 0 Å². The molecule has 2 aromatic carbocycles. The molecule has 1 aliphatic heterocycles. The van der Waals surface area contributed by atoms with Crippen LogP contribution in [0.25, 0.3) is 10.1 Å². The number of benzene rings is 2. The van der Waals surface area contributed by atoms with E-state index < -0.39 is 0 Å². The molecule has 0 bridgehead atoms. The molecule has 1 fully saturated rings. The molecule has 1 aliphatic rings. The number of carbonyl (C=O) groups is 1. The van der Waals surface area contributed by atoms with E-state index in [1.807, 2.05) is 36.4 Å². The van der Waals surface area contributed by atoms with Gasteiger partial charge in [0.15, 0.2) is 0 Å². The average Bonchev–Trinajstić information content (AvgIpc) is 3.24. The summed E-state index contributed by atoms with van der Waals surface area (Å²) in [6.07, 6.45) is 2.39. The number of rotatable bonds is 3. The van der Waals surface area contributed by atoms with Gasteiger partial charge in [-0.15, -0.1) is 11.3 Å². The Hall–Kier alpha value is -1.75. The van der Waals surface area contributed by atoms with Crippen LogP contribution in [-0.2, 0) is 0 Å². The molecule has 0 atom stereocenters. The van der Waals surface area contributed by atoms with E-state index in [1.54, 1.807) is 6.07 Å². The molecule has 3 nitrogen and oxygen atoms in total. The second-order valence-corrected chi connectivity index (χ2v) is 7.89. The molecule has 0 radical (unpaired) electrons. The van der Waals surface area contributed by atoms with Gasteiger partial charge in [-0.3, -0.25) is 4.79 Å². The first-order valence-electron chi connectivity index (χ1n) is 8.16. The second kappa shape index (κ2) is 6.87. The van der Waals surface area contributed by atoms with Crippen molar-refractivity contribution in [2.75, 3.05) is 23.3 Å². The van der Waals surface area contributed by atoms with E-state index in [4.69, 9.17) is 23.2 Å². The molecule has 1 N–H and O–H groups in total. The molecule has 0 spiro atoms. The number of carbonyl (C=O) groups excluding carboxylic acids is 1. The lowest BCUT2D eigenvalue weighted by atomic mass is 10.2. The first-order valence-corrected chi connectivity index (χ1v) is 9.73. The molecule has 0 saturated carbocycles. The first kappa shape index (κ1) is 16.7. The van der Waals surface area contributed by atoms with Gasteiger partial charge in [0.05, 0.1) is 15.7 Å². The van der Waals surface area contributed by atoms with Gasteiger partial charge in [-0.25, -0.2) is 0 Å². The Bertz CT molecular complexity index is 948. The maximum atomic E-state index is 12.6. The summed E-state index contributed by atoms with van der Waals surface area (Å²) in [5, 5.41) is 4.96. The predicted octanol–water partition coefficient (Wildman–Crippen LogP) is 6.06. The molecule has 2 heterocycles. The van der Waals surface area contributed by atoms with Crippen LogP contribution in [0.3, 0.4) is 0 Å². The van der Waals surface area contributed by atoms with Crippen LogP contribution in [0.1, 0.15) is 22.5 Å². The summed E-state index contributed by atoms with van der Waals surface area (Å²) in [6.45, 7) is 2.06. The molecule has 4 rings (SSSR count). The van der Waals surface area contributed by atoms with Crippen LogP contribution >= 0.6 is 34.5 Å². The van der Waals surface area contributed by atoms with Crippen molar-refractivity contribution in [3.8, 4) is 0 Å². The fraction of sp³-hybridized carbons (Fsp3) is 0.211. The molecule has 1 aromatic heterocycles. The highest BCUT2D eigenvalue weighted by Gasteiger charge is 2.19. The molecular weight excluding hydrogens is 375 g/mol. The van der Waals surface area contributed by atoms with Crippen molar-refractivity contribution in [3.63, 3.8) is 0 Å². The van der Waals surface area contributed by atoms with E-state index in [-0.39, 0.29) is 5.91 Å². The predicted molar refractivity (Wildman–Crippen MR) is 108 cm³/mol. The normalized spacial score (nSPS) is 14.2. The van der Waals surface area contributed by atoms with Gasteiger partial charge in [-0.05, 0) is 37.1 Å². The Labute approximate surface area is 160 Å². The Kier molecular flexibility index (Phi) is 4.59. The van der Waals surface area contributed by atoms with Gasteiger partial charge in [-0.2, -0.15) is 0 Å². The largest absolute Gasteiger partial charge is 0.370 e. The number of halogens is 2. The van der Waals surface area contributed by atoms with Crippen molar-refractivity contribution in [2.45, 2.75) is 12.8 Å². The lowest BCUT2D eigenvalue weighted by Gasteiger charge is -2.19. The van der Waals surface area contributed by atoms with Crippen LogP contribution in [0.4, 0.5) is 11.4 Å². The van der Waals surface area contributed by atoms with E-state index in [0.29, 0.717) is 20.6 Å². The Morgan fingerprint density at radius 3 is 2.56 bits per heavy atom. The fourth-order valence-corrected chi connectivity index (χ4v) is 4.86. The SMILES string of the molecule is O=C(Nc1ccc(N2CCCC2)c(Cl)c1)c1sc2ccccc2c1Cl. The Morgan fingerprint density at radius 2 is 1.84 bits per heavy atom. The standard InChI is InChI=1S/C19H16Cl2N2OS/c20-14-11-12(7-8-15(14)23-9-3-4-10-23)22-19(24)18-17(21)13-5-1-2-6-16(13)25-18/h1-2,5-8,11H,3-4,9-10H2,(H,22,24). The highest BCUT2D eigenvalue weighted by Crippen LogP contribution is 2.36. The lowest BCUT2D eigenvalue weighted by Crippen LogP contribution is -2.18. The van der Waals surface area contributed by atoms with Crippen LogP contribution in [-0.4, -0.2) is 19.0 Å². The van der Waals surface area contributed by atoms with Crippen molar-refractivity contribution in [2.24, 2.45) is 0 Å². The number of hydrogen-bond acceptors (Lipinski definition) is 3. The monoisotopic (exact) mass is 390 g/mol. The number of hydrogen-bond donors (Lipinski definition) is 1. The molecule has 1 amide bonds. The summed E-state index contributed by atoms with van der Waals surface area (Å²) in [6, 6.07) is 13.4. The molecule has 6 heteroatoms. The summed E-state index contributed by atoms with van der Waals surface area (Å²) < 4.78 is 1.00. The quantitative estimate of drug-likeness (QED) is 0.589. The topological polar surface area (TPSA) is 32.3 Å². The zero-order valence-corrected chi connectivity index (χ0v) is 15.7. The summed E-state index contributed by atoms with van der Waals surface area (Å²) in [5.74, 6) is -0.212. The summed E-state index contributed by atoms with van der Waals surface area (Å²) >= 11 is 14.2. The Balaban J connectivity index is 1.57. The molecular formula is C19H16Cl2N2OS. The molecule has 1 saturated heterocycles. The number of anilines is 2. The van der Waals surface area contributed by atoms with Crippen LogP contribution in [0.2, 0.25) is 10.0 Å². The zero-order valence-electron chi connectivity index (χ0n) is 13.4. The minimum Gasteiger partial charge on any atom is -0.370 e. The van der Waals surface area contributed by atoms with Crippen LogP contribution in [0, 0.1) is 0 Å². The minimum absolute atomic E-state index is 0.212. The second-order valence-electron chi connectivity index (χ2n) is 6.06. The van der Waals surface area contributed by atoms with Gasteiger partial charge in [0.25, 0.3) is 5.91 Å². The van der Waals surface area contributed by atoms with Crippen molar-refractivity contribution in [1.29, 1.82) is 0 Å². The maximum absolute atomic E-state index is 12.6. The molecule has 0 unspecified atom stereocenters. The third-order valence-corrected chi connectivity index (χ3v) is 6.37. The van der Waals surface area contributed by atoms with Gasteiger partial charge in [-0.1, -0.05) is 41.4 Å². The van der Waals surface area contributed by atoms with E-state index >= 15 is 0 Å². The minimum atomic E-state index is -0.212. The van der Waals surface area contributed by atoms with Crippen LogP contribution in [0.15, 0.2) is 42.5 Å². The van der Waals surface area contributed by atoms with Crippen molar-refractivity contribution in [3.05, 3.63) is 57.4 Å². The summed E-state index contributed by atoms with van der Waals surface area (Å²) in [7, 11) is 0. The highest BCUT2D eigenvalue weighted by molar-refractivity contribution is 7.21. The Morgan fingerprint density at radius 1 is 1.08 bits per heavy atom. The lowest BCUT2D eigenvalue weighted by molar-refractivity contribution is 0.103. The van der Waals surface area contributed by atoms with Crippen LogP contribution < -0.4 is 10.2 Å². The number of nitrogens with one attached hydrogen (secondary N) is 1. The number of thiophene rings is 1. The van der Waals surface area contributed by atoms with Gasteiger partial charge in [0.1, 0.15) is 4.88 Å². The third kappa shape index (κ3) is 3.22. The van der Waals surface area contributed by atoms with Gasteiger partial charge in [0.2, 0.25) is 0 Å². The van der Waals surface area contributed by atoms with E-state index in [0.717, 1.165) is 28.9 Å². The molecule has 3 aromatic rings.